The molecule has 154 valence electrons. The summed E-state index contributed by atoms with van der Waals surface area (Å²) in [6, 6.07) is 7.01. The molecule has 0 bridgehead atoms. The van der Waals surface area contributed by atoms with E-state index in [-0.39, 0.29) is 6.54 Å². The zero-order valence-corrected chi connectivity index (χ0v) is 17.7. The molecule has 0 radical (unpaired) electrons. The molecule has 1 aromatic carbocycles. The van der Waals surface area contributed by atoms with Crippen molar-refractivity contribution < 1.29 is 14.4 Å². The van der Waals surface area contributed by atoms with Crippen molar-refractivity contribution in [2.24, 2.45) is 7.05 Å². The number of hydrogen-bond donors (Lipinski definition) is 2. The van der Waals surface area contributed by atoms with Gasteiger partial charge >= 0.3 is 6.03 Å². The Morgan fingerprint density at radius 3 is 2.34 bits per heavy atom. The minimum atomic E-state index is -1.20. The highest BCUT2D eigenvalue weighted by atomic mass is 16.2. The number of benzene rings is 1. The van der Waals surface area contributed by atoms with Crippen LogP contribution in [0.4, 0.5) is 10.5 Å². The molecule has 29 heavy (non-hydrogen) atoms. The zero-order chi connectivity index (χ0) is 21.5. The second-order valence-electron chi connectivity index (χ2n) is 7.94. The third-order valence-electron chi connectivity index (χ3n) is 5.50. The molecule has 1 aromatic heterocycles. The van der Waals surface area contributed by atoms with Crippen LogP contribution in [0.2, 0.25) is 0 Å². The Morgan fingerprint density at radius 2 is 1.83 bits per heavy atom. The number of aromatic nitrogens is 2. The fourth-order valence-electron chi connectivity index (χ4n) is 3.51. The first-order valence-corrected chi connectivity index (χ1v) is 9.59. The average molecular weight is 397 g/mol. The molecular weight excluding hydrogens is 370 g/mol. The molecule has 8 nitrogen and oxygen atoms in total. The third kappa shape index (κ3) is 3.62. The molecule has 1 aliphatic heterocycles. The van der Waals surface area contributed by atoms with Gasteiger partial charge in [-0.3, -0.25) is 19.2 Å². The maximum atomic E-state index is 13.0. The number of nitrogens with one attached hydrogen (secondary N) is 2. The monoisotopic (exact) mass is 397 g/mol. The van der Waals surface area contributed by atoms with Crippen molar-refractivity contribution in [1.82, 2.24) is 20.0 Å². The van der Waals surface area contributed by atoms with Crippen molar-refractivity contribution >= 4 is 23.5 Å². The van der Waals surface area contributed by atoms with Crippen molar-refractivity contribution in [2.45, 2.75) is 46.1 Å². The fourth-order valence-corrected chi connectivity index (χ4v) is 3.51. The maximum absolute atomic E-state index is 13.0. The summed E-state index contributed by atoms with van der Waals surface area (Å²) in [5.74, 6) is -0.535. The molecule has 3 rings (SSSR count). The standard InChI is InChI=1S/C21H27N5O3/c1-12(2)15-7-9-16(10-8-15)21(5)19(28)26(20(29)23-21)11-17(27)22-18-13(3)24-25(6)14(18)4/h7-10,12H,11H2,1-6H3,(H,22,27)(H,23,29). The van der Waals surface area contributed by atoms with Gasteiger partial charge in [-0.2, -0.15) is 5.10 Å². The zero-order valence-electron chi connectivity index (χ0n) is 17.7. The van der Waals surface area contributed by atoms with E-state index in [0.717, 1.165) is 16.2 Å². The van der Waals surface area contributed by atoms with Crippen molar-refractivity contribution in [3.8, 4) is 0 Å². The summed E-state index contributed by atoms with van der Waals surface area (Å²) < 4.78 is 1.66. The van der Waals surface area contributed by atoms with E-state index >= 15 is 0 Å². The smallest absolute Gasteiger partial charge is 0.321 e. The summed E-state index contributed by atoms with van der Waals surface area (Å²) in [5, 5.41) is 9.74. The van der Waals surface area contributed by atoms with E-state index in [2.05, 4.69) is 29.6 Å². The Hall–Kier alpha value is -3.16. The first-order chi connectivity index (χ1) is 13.5. The van der Waals surface area contributed by atoms with Crippen LogP contribution >= 0.6 is 0 Å². The normalized spacial score (nSPS) is 19.1. The first-order valence-electron chi connectivity index (χ1n) is 9.59. The molecule has 1 atom stereocenters. The molecule has 4 amide bonds. The number of urea groups is 1. The van der Waals surface area contributed by atoms with Crippen molar-refractivity contribution in [2.75, 3.05) is 11.9 Å². The van der Waals surface area contributed by atoms with E-state index in [1.54, 1.807) is 25.6 Å². The highest BCUT2D eigenvalue weighted by molar-refractivity contribution is 6.10. The SMILES string of the molecule is Cc1nn(C)c(C)c1NC(=O)CN1C(=O)NC(C)(c2ccc(C(C)C)cc2)C1=O. The summed E-state index contributed by atoms with van der Waals surface area (Å²) in [6.45, 7) is 9.09. The van der Waals surface area contributed by atoms with Gasteiger partial charge in [0, 0.05) is 7.05 Å². The van der Waals surface area contributed by atoms with Crippen molar-refractivity contribution in [1.29, 1.82) is 0 Å². The van der Waals surface area contributed by atoms with Gasteiger partial charge in [-0.25, -0.2) is 4.79 Å². The number of nitrogens with zero attached hydrogens (tertiary/aromatic N) is 3. The summed E-state index contributed by atoms with van der Waals surface area (Å²) >= 11 is 0. The second-order valence-corrected chi connectivity index (χ2v) is 7.94. The van der Waals surface area contributed by atoms with Gasteiger partial charge < -0.3 is 10.6 Å². The molecular formula is C21H27N5O3. The molecule has 0 aliphatic carbocycles. The van der Waals surface area contributed by atoms with Crippen LogP contribution in [-0.2, 0) is 22.2 Å². The van der Waals surface area contributed by atoms with Gasteiger partial charge in [-0.15, -0.1) is 0 Å². The summed E-state index contributed by atoms with van der Waals surface area (Å²) in [5.41, 5.74) is 2.69. The molecule has 1 fully saturated rings. The Labute approximate surface area is 170 Å². The van der Waals surface area contributed by atoms with Crippen molar-refractivity contribution in [3.05, 3.63) is 46.8 Å². The number of anilines is 1. The lowest BCUT2D eigenvalue weighted by molar-refractivity contribution is -0.133. The number of hydrogen-bond acceptors (Lipinski definition) is 4. The number of imide groups is 1. The molecule has 8 heteroatoms. The molecule has 0 saturated carbocycles. The Kier molecular flexibility index (Phi) is 5.21. The molecule has 2 aromatic rings. The van der Waals surface area contributed by atoms with E-state index < -0.39 is 23.4 Å². The van der Waals surface area contributed by atoms with Crippen LogP contribution < -0.4 is 10.6 Å². The van der Waals surface area contributed by atoms with E-state index in [0.29, 0.717) is 22.9 Å². The van der Waals surface area contributed by atoms with Gasteiger partial charge in [0.2, 0.25) is 5.91 Å². The van der Waals surface area contributed by atoms with Gasteiger partial charge in [0.05, 0.1) is 17.1 Å². The molecule has 2 heterocycles. The predicted octanol–water partition coefficient (Wildman–Crippen LogP) is 2.57. The molecule has 1 unspecified atom stereocenters. The summed E-state index contributed by atoms with van der Waals surface area (Å²) in [6.07, 6.45) is 0. The van der Waals surface area contributed by atoms with Crippen molar-refractivity contribution in [3.63, 3.8) is 0 Å². The van der Waals surface area contributed by atoms with Crippen LogP contribution in [0.25, 0.3) is 0 Å². The van der Waals surface area contributed by atoms with E-state index in [1.165, 1.54) is 0 Å². The minimum Gasteiger partial charge on any atom is -0.321 e. The number of aryl methyl sites for hydroxylation is 2. The number of carbonyl (C=O) groups excluding carboxylic acids is 3. The average Bonchev–Trinajstić information content (AvgIpc) is 3.03. The van der Waals surface area contributed by atoms with Crippen LogP contribution in [0.1, 0.15) is 49.2 Å². The van der Waals surface area contributed by atoms with Gasteiger partial charge in [0.25, 0.3) is 5.91 Å². The van der Waals surface area contributed by atoms with E-state index in [9.17, 15) is 14.4 Å². The van der Waals surface area contributed by atoms with Gasteiger partial charge in [-0.1, -0.05) is 38.1 Å². The number of amides is 4. The molecule has 1 saturated heterocycles. The molecule has 1 aliphatic rings. The Balaban J connectivity index is 1.77. The number of rotatable bonds is 5. The first kappa shape index (κ1) is 20.6. The molecule has 2 N–H and O–H groups in total. The fraction of sp³-hybridized carbons (Fsp3) is 0.429. The van der Waals surface area contributed by atoms with Gasteiger partial charge in [0.15, 0.2) is 0 Å². The third-order valence-corrected chi connectivity index (χ3v) is 5.50. The highest BCUT2D eigenvalue weighted by Gasteiger charge is 2.49. The largest absolute Gasteiger partial charge is 0.325 e. The highest BCUT2D eigenvalue weighted by Crippen LogP contribution is 2.30. The lowest BCUT2D eigenvalue weighted by Crippen LogP contribution is -2.42. The lowest BCUT2D eigenvalue weighted by Gasteiger charge is -2.22. The summed E-state index contributed by atoms with van der Waals surface area (Å²) in [7, 11) is 1.78. The van der Waals surface area contributed by atoms with Crippen LogP contribution in [0.5, 0.6) is 0 Å². The second kappa shape index (κ2) is 7.35. The van der Waals surface area contributed by atoms with E-state index in [4.69, 9.17) is 0 Å². The quantitative estimate of drug-likeness (QED) is 0.758. The predicted molar refractivity (Wildman–Crippen MR) is 109 cm³/mol. The van der Waals surface area contributed by atoms with Gasteiger partial charge in [-0.05, 0) is 37.8 Å². The maximum Gasteiger partial charge on any atom is 0.325 e. The van der Waals surface area contributed by atoms with Gasteiger partial charge in [0.1, 0.15) is 12.1 Å². The summed E-state index contributed by atoms with van der Waals surface area (Å²) in [4.78, 5) is 39.0. The van der Waals surface area contributed by atoms with Crippen LogP contribution in [0.3, 0.4) is 0 Å². The van der Waals surface area contributed by atoms with Crippen LogP contribution in [0.15, 0.2) is 24.3 Å². The topological polar surface area (TPSA) is 96.3 Å². The van der Waals surface area contributed by atoms with Crippen LogP contribution in [-0.4, -0.2) is 39.1 Å². The van der Waals surface area contributed by atoms with Crippen LogP contribution in [0, 0.1) is 13.8 Å². The Morgan fingerprint density at radius 1 is 1.21 bits per heavy atom. The minimum absolute atomic E-state index is 0.363. The lowest BCUT2D eigenvalue weighted by atomic mass is 9.90. The van der Waals surface area contributed by atoms with E-state index in [1.807, 2.05) is 31.2 Å². The molecule has 0 spiro atoms. The number of carbonyl (C=O) groups is 3. The Bertz CT molecular complexity index is 977.